The van der Waals surface area contributed by atoms with Crippen LogP contribution in [0, 0.1) is 0 Å². The van der Waals surface area contributed by atoms with Gasteiger partial charge in [-0.25, -0.2) is 5.10 Å². The van der Waals surface area contributed by atoms with Gasteiger partial charge in [0, 0.05) is 5.56 Å². The van der Waals surface area contributed by atoms with Gasteiger partial charge in [-0.2, -0.15) is 13.9 Å². The van der Waals surface area contributed by atoms with E-state index in [0.29, 0.717) is 17.3 Å². The first-order valence-electron chi connectivity index (χ1n) is 8.91. The van der Waals surface area contributed by atoms with Crippen LogP contribution in [0.4, 0.5) is 8.78 Å². The highest BCUT2D eigenvalue weighted by atomic mass is 19.3. The molecule has 1 saturated carbocycles. The first-order valence-corrected chi connectivity index (χ1v) is 8.91. The van der Waals surface area contributed by atoms with Crippen LogP contribution in [0.3, 0.4) is 0 Å². The number of ether oxygens (including phenoxy) is 2. The maximum atomic E-state index is 12.7. The third-order valence-electron chi connectivity index (χ3n) is 4.49. The van der Waals surface area contributed by atoms with Crippen LogP contribution in [0.1, 0.15) is 31.7 Å². The van der Waals surface area contributed by atoms with Crippen LogP contribution in [-0.2, 0) is 6.42 Å². The topological polar surface area (TPSA) is 80.0 Å². The lowest BCUT2D eigenvalue weighted by Gasteiger charge is -2.13. The average Bonchev–Trinajstić information content (AvgIpc) is 3.36. The molecule has 1 aliphatic carbocycles. The molecule has 0 bridgehead atoms. The van der Waals surface area contributed by atoms with Gasteiger partial charge in [0.2, 0.25) is 0 Å². The molecule has 0 atom stereocenters. The van der Waals surface area contributed by atoms with Gasteiger partial charge in [0.1, 0.15) is 0 Å². The van der Waals surface area contributed by atoms with Crippen LogP contribution in [0.25, 0.3) is 22.2 Å². The average molecular weight is 375 g/mol. The monoisotopic (exact) mass is 375 g/mol. The third-order valence-corrected chi connectivity index (χ3v) is 4.49. The summed E-state index contributed by atoms with van der Waals surface area (Å²) >= 11 is 0. The number of hydrogen-bond acceptors (Lipinski definition) is 4. The first kappa shape index (κ1) is 17.5. The predicted molar refractivity (Wildman–Crippen MR) is 96.4 cm³/mol. The van der Waals surface area contributed by atoms with Crippen molar-refractivity contribution in [2.24, 2.45) is 0 Å². The number of aromatic nitrogens is 3. The van der Waals surface area contributed by atoms with Gasteiger partial charge < -0.3 is 14.5 Å². The Labute approximate surface area is 153 Å². The first-order chi connectivity index (χ1) is 13.1. The van der Waals surface area contributed by atoms with E-state index in [1.165, 1.54) is 6.07 Å². The molecular formula is C19H19F2N3O3. The number of H-pyrrole nitrogens is 2. The Kier molecular flexibility index (Phi) is 4.55. The number of hydrogen-bond donors (Lipinski definition) is 2. The molecule has 0 saturated heterocycles. The summed E-state index contributed by atoms with van der Waals surface area (Å²) in [6.45, 7) is -0.898. The Hall–Kier alpha value is -2.90. The molecule has 4 rings (SSSR count). The van der Waals surface area contributed by atoms with Gasteiger partial charge in [-0.05, 0) is 43.0 Å². The number of nitrogens with one attached hydrogen (secondary N) is 2. The van der Waals surface area contributed by atoms with Gasteiger partial charge in [-0.15, -0.1) is 0 Å². The second kappa shape index (κ2) is 7.02. The quantitative estimate of drug-likeness (QED) is 0.654. The van der Waals surface area contributed by atoms with Crippen LogP contribution in [0.5, 0.6) is 11.5 Å². The van der Waals surface area contributed by atoms with Crippen molar-refractivity contribution in [1.29, 1.82) is 0 Å². The highest BCUT2D eigenvalue weighted by Gasteiger charge is 2.26. The summed E-state index contributed by atoms with van der Waals surface area (Å²) in [7, 11) is 0. The number of benzene rings is 1. The van der Waals surface area contributed by atoms with E-state index in [1.54, 1.807) is 18.3 Å². The summed E-state index contributed by atoms with van der Waals surface area (Å²) in [5.41, 5.74) is 2.75. The molecule has 1 fully saturated rings. The summed E-state index contributed by atoms with van der Waals surface area (Å²) < 4.78 is 35.7. The van der Waals surface area contributed by atoms with E-state index in [1.807, 2.05) is 6.92 Å². The van der Waals surface area contributed by atoms with E-state index < -0.39 is 6.61 Å². The van der Waals surface area contributed by atoms with Gasteiger partial charge >= 0.3 is 6.61 Å². The number of rotatable bonds is 7. The zero-order valence-electron chi connectivity index (χ0n) is 14.7. The van der Waals surface area contributed by atoms with Crippen LogP contribution in [-0.4, -0.2) is 27.9 Å². The fourth-order valence-corrected chi connectivity index (χ4v) is 3.19. The zero-order valence-corrected chi connectivity index (χ0v) is 14.7. The SMILES string of the molecule is CCCc1c(-c2ccc(OC(F)F)c(OC3CC3)c2)[nH]c2cn[nH]c(=O)c12. The van der Waals surface area contributed by atoms with E-state index in [9.17, 15) is 13.6 Å². The molecule has 2 aromatic heterocycles. The van der Waals surface area contributed by atoms with Gasteiger partial charge in [0.05, 0.1) is 28.9 Å². The van der Waals surface area contributed by atoms with Crippen LogP contribution in [0.2, 0.25) is 0 Å². The van der Waals surface area contributed by atoms with Gasteiger partial charge in [0.15, 0.2) is 11.5 Å². The number of aromatic amines is 2. The molecule has 0 spiro atoms. The highest BCUT2D eigenvalue weighted by molar-refractivity contribution is 5.89. The van der Waals surface area contributed by atoms with Gasteiger partial charge in [0.25, 0.3) is 5.56 Å². The number of aryl methyl sites for hydroxylation is 1. The number of halogens is 2. The van der Waals surface area contributed by atoms with Crippen molar-refractivity contribution in [3.05, 3.63) is 40.3 Å². The minimum Gasteiger partial charge on any atom is -0.487 e. The molecule has 0 aliphatic heterocycles. The smallest absolute Gasteiger partial charge is 0.387 e. The molecule has 8 heteroatoms. The van der Waals surface area contributed by atoms with Gasteiger partial charge in [-0.1, -0.05) is 13.3 Å². The molecule has 1 aliphatic rings. The number of fused-ring (bicyclic) bond motifs is 1. The van der Waals surface area contributed by atoms with Crippen LogP contribution >= 0.6 is 0 Å². The second-order valence-electron chi connectivity index (χ2n) is 6.57. The minimum atomic E-state index is -2.93. The molecule has 142 valence electrons. The maximum absolute atomic E-state index is 12.7. The predicted octanol–water partition coefficient (Wildman–Crippen LogP) is 4.01. The lowest BCUT2D eigenvalue weighted by Crippen LogP contribution is -2.08. The Bertz CT molecular complexity index is 1020. The Morgan fingerprint density at radius 1 is 1.30 bits per heavy atom. The third kappa shape index (κ3) is 3.51. The van der Waals surface area contributed by atoms with E-state index in [4.69, 9.17) is 4.74 Å². The normalized spacial score (nSPS) is 14.1. The van der Waals surface area contributed by atoms with Gasteiger partial charge in [-0.3, -0.25) is 4.79 Å². The van der Waals surface area contributed by atoms with Crippen molar-refractivity contribution in [2.45, 2.75) is 45.3 Å². The van der Waals surface area contributed by atoms with Crippen LogP contribution < -0.4 is 15.0 Å². The summed E-state index contributed by atoms with van der Waals surface area (Å²) in [5.74, 6) is 0.289. The molecule has 0 unspecified atom stereocenters. The standard InChI is InChI=1S/C19H19F2N3O3/c1-2-3-12-16-13(9-22-24-18(16)25)23-17(12)10-4-7-14(27-19(20)21)15(8-10)26-11-5-6-11/h4,7-9,11,19,23H,2-3,5-6H2,1H3,(H,24,25). The highest BCUT2D eigenvalue weighted by Crippen LogP contribution is 2.39. The van der Waals surface area contributed by atoms with Crippen molar-refractivity contribution >= 4 is 10.9 Å². The zero-order chi connectivity index (χ0) is 19.0. The van der Waals surface area contributed by atoms with Crippen molar-refractivity contribution in [2.75, 3.05) is 0 Å². The molecule has 27 heavy (non-hydrogen) atoms. The number of alkyl halides is 2. The van der Waals surface area contributed by atoms with Crippen molar-refractivity contribution in [3.8, 4) is 22.8 Å². The summed E-state index contributed by atoms with van der Waals surface area (Å²) in [5, 5.41) is 6.87. The molecule has 2 N–H and O–H groups in total. The Morgan fingerprint density at radius 2 is 2.11 bits per heavy atom. The Balaban J connectivity index is 1.84. The van der Waals surface area contributed by atoms with E-state index >= 15 is 0 Å². The van der Waals surface area contributed by atoms with Crippen molar-refractivity contribution < 1.29 is 18.3 Å². The lowest BCUT2D eigenvalue weighted by atomic mass is 10.0. The summed E-state index contributed by atoms with van der Waals surface area (Å²) in [6, 6.07) is 4.84. The van der Waals surface area contributed by atoms with Crippen LogP contribution in [0.15, 0.2) is 29.2 Å². The number of nitrogens with zero attached hydrogens (tertiary/aromatic N) is 1. The largest absolute Gasteiger partial charge is 0.487 e. The maximum Gasteiger partial charge on any atom is 0.387 e. The minimum absolute atomic E-state index is 0.00770. The summed E-state index contributed by atoms with van der Waals surface area (Å²) in [4.78, 5) is 15.5. The second-order valence-corrected chi connectivity index (χ2v) is 6.57. The Morgan fingerprint density at radius 3 is 2.81 bits per heavy atom. The lowest BCUT2D eigenvalue weighted by molar-refractivity contribution is -0.0516. The molecule has 0 radical (unpaired) electrons. The van der Waals surface area contributed by atoms with E-state index in [2.05, 4.69) is 19.9 Å². The molecule has 2 heterocycles. The van der Waals surface area contributed by atoms with E-state index in [0.717, 1.165) is 36.1 Å². The fourth-order valence-electron chi connectivity index (χ4n) is 3.19. The molecular weight excluding hydrogens is 356 g/mol. The fraction of sp³-hybridized carbons (Fsp3) is 0.368. The molecule has 1 aromatic carbocycles. The summed E-state index contributed by atoms with van der Waals surface area (Å²) in [6.07, 6.45) is 4.93. The molecule has 6 nitrogen and oxygen atoms in total. The molecule has 3 aromatic rings. The van der Waals surface area contributed by atoms with Crippen molar-refractivity contribution in [1.82, 2.24) is 15.2 Å². The van der Waals surface area contributed by atoms with Crippen molar-refractivity contribution in [3.63, 3.8) is 0 Å². The molecule has 0 amide bonds. The van der Waals surface area contributed by atoms with E-state index in [-0.39, 0.29) is 23.2 Å².